The fourth-order valence-electron chi connectivity index (χ4n) is 6.57. The van der Waals surface area contributed by atoms with Gasteiger partial charge in [-0.25, -0.2) is 31.0 Å². The Bertz CT molecular complexity index is 2610. The van der Waals surface area contributed by atoms with E-state index in [2.05, 4.69) is 31.1 Å². The van der Waals surface area contributed by atoms with Crippen molar-refractivity contribution in [2.45, 2.75) is 62.9 Å². The van der Waals surface area contributed by atoms with Crippen molar-refractivity contribution in [2.24, 2.45) is 7.05 Å². The first-order valence-electron chi connectivity index (χ1n) is 16.8. The van der Waals surface area contributed by atoms with Crippen molar-refractivity contribution < 1.29 is 57.8 Å². The Morgan fingerprint density at radius 1 is 1.07 bits per heavy atom. The summed E-state index contributed by atoms with van der Waals surface area (Å²) in [5, 5.41) is 20.2. The van der Waals surface area contributed by atoms with Crippen LogP contribution in [-0.2, 0) is 53.4 Å². The first-order valence-corrected chi connectivity index (χ1v) is 19.1. The van der Waals surface area contributed by atoms with Crippen LogP contribution in [0.4, 0.5) is 45.3 Å². The molecule has 1 aliphatic carbocycles. The molecule has 0 fully saturated rings. The summed E-state index contributed by atoms with van der Waals surface area (Å²) < 4.78 is 156. The van der Waals surface area contributed by atoms with E-state index >= 15 is 0 Å². The molecule has 0 aliphatic heterocycles. The number of aromatic nitrogens is 5. The topological polar surface area (TPSA) is 144 Å². The number of carbonyl (C=O) groups excluding carboxylic acids is 1. The molecule has 0 saturated carbocycles. The fourth-order valence-corrected chi connectivity index (χ4v) is 7.31. The minimum Gasteiger partial charge on any atom is -0.372 e. The van der Waals surface area contributed by atoms with Gasteiger partial charge in [0.15, 0.2) is 17.1 Å². The molecule has 5 aromatic rings. The summed E-state index contributed by atoms with van der Waals surface area (Å²) in [4.78, 5) is 18.2. The molecule has 308 valence electrons. The number of aryl methyl sites for hydroxylation is 1. The number of hydrogen-bond acceptors (Lipinski definition) is 7. The van der Waals surface area contributed by atoms with Gasteiger partial charge in [0.1, 0.15) is 29.6 Å². The fraction of sp³-hybridized carbons (Fsp3) is 0.333. The summed E-state index contributed by atoms with van der Waals surface area (Å²) >= 11 is 6.51. The monoisotopic (exact) mass is 861 g/mol. The SMILES string of the molecule is Cn1nc(NS(C)(=O)=O)c2c(Cl)ccc(-c3ccc(C#CC(C)(O)C(F)F)nc3C(Cc3cc(F)cc(F)c3)NC(=O)Cn3nc(C(F)(F)F)c4c3C(F)(F)CC4)c21. The quantitative estimate of drug-likeness (QED) is 0.105. The zero-order chi connectivity index (χ0) is 42.7. The van der Waals surface area contributed by atoms with Crippen molar-refractivity contribution in [3.05, 3.63) is 93.0 Å². The maximum atomic E-state index is 14.9. The summed E-state index contributed by atoms with van der Waals surface area (Å²) in [7, 11) is -2.48. The van der Waals surface area contributed by atoms with E-state index in [0.717, 1.165) is 25.3 Å². The molecule has 3 N–H and O–H groups in total. The summed E-state index contributed by atoms with van der Waals surface area (Å²) in [6.45, 7) is -0.461. The minimum atomic E-state index is -5.14. The van der Waals surface area contributed by atoms with Crippen LogP contribution in [0.2, 0.25) is 5.02 Å². The Balaban J connectivity index is 1.55. The lowest BCUT2D eigenvalue weighted by molar-refractivity contribution is -0.142. The summed E-state index contributed by atoms with van der Waals surface area (Å²) in [6, 6.07) is 6.16. The Morgan fingerprint density at radius 2 is 1.72 bits per heavy atom. The molecule has 0 radical (unpaired) electrons. The van der Waals surface area contributed by atoms with Gasteiger partial charge in [-0.05, 0) is 61.6 Å². The average molecular weight is 862 g/mol. The molecule has 1 aliphatic rings. The van der Waals surface area contributed by atoms with Gasteiger partial charge in [-0.1, -0.05) is 23.6 Å². The predicted octanol–water partition coefficient (Wildman–Crippen LogP) is 6.66. The van der Waals surface area contributed by atoms with Gasteiger partial charge in [0.2, 0.25) is 15.9 Å². The van der Waals surface area contributed by atoms with Crippen LogP contribution < -0.4 is 10.0 Å². The van der Waals surface area contributed by atoms with Gasteiger partial charge in [-0.15, -0.1) is 0 Å². The number of fused-ring (bicyclic) bond motifs is 2. The Labute approximate surface area is 328 Å². The molecule has 3 aromatic heterocycles. The van der Waals surface area contributed by atoms with E-state index in [0.29, 0.717) is 6.07 Å². The molecule has 22 heteroatoms. The third-order valence-corrected chi connectivity index (χ3v) is 9.86. The number of carbonyl (C=O) groups is 1. The Morgan fingerprint density at radius 3 is 2.34 bits per heavy atom. The molecule has 1 amide bonds. The van der Waals surface area contributed by atoms with Crippen LogP contribution in [0.15, 0.2) is 42.5 Å². The largest absolute Gasteiger partial charge is 0.435 e. The molecule has 0 saturated heterocycles. The van der Waals surface area contributed by atoms with Gasteiger partial charge < -0.3 is 10.4 Å². The van der Waals surface area contributed by atoms with E-state index in [9.17, 15) is 57.8 Å². The van der Waals surface area contributed by atoms with Crippen LogP contribution in [-0.4, -0.2) is 62.3 Å². The number of halogens is 10. The molecule has 11 nitrogen and oxygen atoms in total. The third kappa shape index (κ3) is 8.73. The van der Waals surface area contributed by atoms with E-state index in [-0.39, 0.29) is 54.5 Å². The van der Waals surface area contributed by atoms with Crippen molar-refractivity contribution in [3.8, 4) is 23.0 Å². The highest BCUT2D eigenvalue weighted by molar-refractivity contribution is 7.92. The number of rotatable bonds is 10. The highest BCUT2D eigenvalue weighted by atomic mass is 35.5. The highest BCUT2D eigenvalue weighted by Gasteiger charge is 2.50. The third-order valence-electron chi connectivity index (χ3n) is 8.98. The molecule has 0 bridgehead atoms. The van der Waals surface area contributed by atoms with Crippen LogP contribution in [0.25, 0.3) is 22.0 Å². The van der Waals surface area contributed by atoms with Crippen molar-refractivity contribution in [1.82, 2.24) is 29.9 Å². The number of pyridine rings is 1. The molecular weight excluding hydrogens is 833 g/mol. The summed E-state index contributed by atoms with van der Waals surface area (Å²) in [6.07, 6.45) is -9.78. The van der Waals surface area contributed by atoms with Crippen LogP contribution in [0.3, 0.4) is 0 Å². The number of nitrogens with one attached hydrogen (secondary N) is 2. The predicted molar refractivity (Wildman–Crippen MR) is 191 cm³/mol. The first kappa shape index (κ1) is 42.3. The van der Waals surface area contributed by atoms with Crippen molar-refractivity contribution in [1.29, 1.82) is 0 Å². The molecule has 6 rings (SSSR count). The number of hydrogen-bond donors (Lipinski definition) is 3. The van der Waals surface area contributed by atoms with Crippen molar-refractivity contribution >= 4 is 44.3 Å². The number of aliphatic hydroxyl groups is 1. The van der Waals surface area contributed by atoms with Crippen LogP contribution in [0.5, 0.6) is 0 Å². The summed E-state index contributed by atoms with van der Waals surface area (Å²) in [5.74, 6) is -2.97. The van der Waals surface area contributed by atoms with Gasteiger partial charge in [0.05, 0.1) is 33.9 Å². The Kier molecular flexibility index (Phi) is 11.0. The van der Waals surface area contributed by atoms with Gasteiger partial charge >= 0.3 is 6.18 Å². The van der Waals surface area contributed by atoms with Gasteiger partial charge in [-0.2, -0.15) is 32.1 Å². The second-order valence-electron chi connectivity index (χ2n) is 13.6. The number of benzene rings is 2. The number of nitrogens with zero attached hydrogens (tertiary/aromatic N) is 5. The van der Waals surface area contributed by atoms with Crippen LogP contribution in [0.1, 0.15) is 53.3 Å². The Hall–Kier alpha value is -5.33. The van der Waals surface area contributed by atoms with Crippen molar-refractivity contribution in [3.63, 3.8) is 0 Å². The first-order chi connectivity index (χ1) is 26.8. The summed E-state index contributed by atoms with van der Waals surface area (Å²) in [5.41, 5.74) is -6.53. The lowest BCUT2D eigenvalue weighted by Gasteiger charge is -2.23. The second-order valence-corrected chi connectivity index (χ2v) is 15.8. The van der Waals surface area contributed by atoms with E-state index in [1.165, 1.54) is 36.0 Å². The molecular formula is C36H29ClF9N7O4S. The number of alkyl halides is 7. The van der Waals surface area contributed by atoms with E-state index in [1.807, 2.05) is 5.92 Å². The molecule has 0 spiro atoms. The van der Waals surface area contributed by atoms with E-state index < -0.39 is 100 Å². The zero-order valence-corrected chi connectivity index (χ0v) is 31.7. The minimum absolute atomic E-state index is 0.0195. The lowest BCUT2D eigenvalue weighted by Crippen LogP contribution is -2.35. The van der Waals surface area contributed by atoms with Crippen molar-refractivity contribution in [2.75, 3.05) is 11.0 Å². The zero-order valence-electron chi connectivity index (χ0n) is 30.1. The lowest BCUT2D eigenvalue weighted by atomic mass is 9.93. The normalized spacial score (nSPS) is 15.5. The van der Waals surface area contributed by atoms with Gasteiger partial charge in [0.25, 0.3) is 12.3 Å². The van der Waals surface area contributed by atoms with Crippen LogP contribution >= 0.6 is 11.6 Å². The smallest absolute Gasteiger partial charge is 0.372 e. The number of sulfonamides is 1. The number of anilines is 1. The van der Waals surface area contributed by atoms with Gasteiger partial charge in [0, 0.05) is 36.2 Å². The van der Waals surface area contributed by atoms with E-state index in [1.54, 1.807) is 0 Å². The van der Waals surface area contributed by atoms with Crippen LogP contribution in [0, 0.1) is 23.5 Å². The molecule has 3 heterocycles. The average Bonchev–Trinajstić information content (AvgIpc) is 3.73. The second kappa shape index (κ2) is 15.1. The molecule has 2 atom stereocenters. The number of amides is 1. The highest BCUT2D eigenvalue weighted by Crippen LogP contribution is 2.46. The maximum absolute atomic E-state index is 14.9. The molecule has 58 heavy (non-hydrogen) atoms. The van der Waals surface area contributed by atoms with E-state index in [4.69, 9.17) is 11.6 Å². The molecule has 2 unspecified atom stereocenters. The van der Waals surface area contributed by atoms with Gasteiger partial charge in [-0.3, -0.25) is 18.9 Å². The standard InChI is InChI=1S/C36H29ClF9N7O4S/c1-34(55,33(40)41)10-8-20-4-5-21(22-6-7-24(37)27-29(22)52(2)50-32(27)51-58(3,56)57)28(47-20)25(14-17-12-18(38)15-19(39)13-17)48-26(54)16-53-31-23(9-11-35(31,42)43)30(49-53)36(44,45)46/h4-7,12-13,15,25,33,55H,9,11,14,16H2,1-3H3,(H,48,54)(H,50,51). The molecule has 2 aromatic carbocycles. The maximum Gasteiger partial charge on any atom is 0.435 e.